The number of halogens is 1. The van der Waals surface area contributed by atoms with Gasteiger partial charge < -0.3 is 5.32 Å². The molecule has 1 aromatic heterocycles. The summed E-state index contributed by atoms with van der Waals surface area (Å²) in [4.78, 5) is 34.9. The number of carbonyl (C=O) groups is 2. The zero-order chi connectivity index (χ0) is 21.7. The van der Waals surface area contributed by atoms with Crippen molar-refractivity contribution in [3.63, 3.8) is 0 Å². The SMILES string of the molecule is Cc1cccc(NC(=O)CSc2nnc(NC(=O)c3cc(Cl)ccc3[N+](=O)[O-])s2)c1. The summed E-state index contributed by atoms with van der Waals surface area (Å²) in [5.41, 5.74) is 1.18. The maximum absolute atomic E-state index is 12.4. The van der Waals surface area contributed by atoms with E-state index in [2.05, 4.69) is 20.8 Å². The third kappa shape index (κ3) is 5.75. The van der Waals surface area contributed by atoms with E-state index in [1.165, 1.54) is 12.1 Å². The van der Waals surface area contributed by atoms with Crippen LogP contribution in [0.15, 0.2) is 46.8 Å². The van der Waals surface area contributed by atoms with Crippen LogP contribution in [0.2, 0.25) is 5.02 Å². The van der Waals surface area contributed by atoms with E-state index in [1.807, 2.05) is 25.1 Å². The molecule has 12 heteroatoms. The van der Waals surface area contributed by atoms with Crippen molar-refractivity contribution in [1.29, 1.82) is 0 Å². The van der Waals surface area contributed by atoms with Gasteiger partial charge in [0.2, 0.25) is 11.0 Å². The van der Waals surface area contributed by atoms with E-state index in [0.717, 1.165) is 34.7 Å². The third-order valence-electron chi connectivity index (χ3n) is 3.66. The van der Waals surface area contributed by atoms with Gasteiger partial charge in [0, 0.05) is 16.8 Å². The Hall–Kier alpha value is -3.02. The Morgan fingerprint density at radius 3 is 2.73 bits per heavy atom. The van der Waals surface area contributed by atoms with E-state index in [1.54, 1.807) is 6.07 Å². The lowest BCUT2D eigenvalue weighted by Crippen LogP contribution is -2.14. The number of amides is 2. The van der Waals surface area contributed by atoms with Crippen LogP contribution < -0.4 is 10.6 Å². The summed E-state index contributed by atoms with van der Waals surface area (Å²) in [7, 11) is 0. The van der Waals surface area contributed by atoms with Crippen molar-refractivity contribution in [3.05, 3.63) is 68.7 Å². The number of anilines is 2. The summed E-state index contributed by atoms with van der Waals surface area (Å²) in [6, 6.07) is 11.1. The number of nitrogens with one attached hydrogen (secondary N) is 2. The van der Waals surface area contributed by atoms with Crippen molar-refractivity contribution in [3.8, 4) is 0 Å². The van der Waals surface area contributed by atoms with Gasteiger partial charge in [0.15, 0.2) is 4.34 Å². The normalized spacial score (nSPS) is 10.5. The number of nitrogens with zero attached hydrogens (tertiary/aromatic N) is 3. The summed E-state index contributed by atoms with van der Waals surface area (Å²) in [5, 5.41) is 24.4. The van der Waals surface area contributed by atoms with Crippen LogP contribution in [-0.4, -0.2) is 32.7 Å². The molecule has 3 rings (SSSR count). The fourth-order valence-electron chi connectivity index (χ4n) is 2.38. The second-order valence-electron chi connectivity index (χ2n) is 5.95. The molecule has 0 spiro atoms. The monoisotopic (exact) mass is 463 g/mol. The van der Waals surface area contributed by atoms with Gasteiger partial charge in [0.1, 0.15) is 5.56 Å². The molecule has 0 saturated carbocycles. The number of rotatable bonds is 7. The van der Waals surface area contributed by atoms with E-state index >= 15 is 0 Å². The van der Waals surface area contributed by atoms with Crippen LogP contribution in [-0.2, 0) is 4.79 Å². The van der Waals surface area contributed by atoms with E-state index in [4.69, 9.17) is 11.6 Å². The molecule has 2 amide bonds. The Morgan fingerprint density at radius 1 is 1.20 bits per heavy atom. The molecule has 0 radical (unpaired) electrons. The molecule has 2 aromatic carbocycles. The van der Waals surface area contributed by atoms with Crippen LogP contribution in [0, 0.1) is 17.0 Å². The molecule has 0 bridgehead atoms. The lowest BCUT2D eigenvalue weighted by molar-refractivity contribution is -0.385. The largest absolute Gasteiger partial charge is 0.325 e. The lowest BCUT2D eigenvalue weighted by atomic mass is 10.1. The van der Waals surface area contributed by atoms with Crippen molar-refractivity contribution in [1.82, 2.24) is 10.2 Å². The number of hydrogen-bond acceptors (Lipinski definition) is 8. The van der Waals surface area contributed by atoms with Crippen molar-refractivity contribution in [2.45, 2.75) is 11.3 Å². The number of nitro benzene ring substituents is 1. The van der Waals surface area contributed by atoms with Gasteiger partial charge in [-0.3, -0.25) is 25.0 Å². The predicted molar refractivity (Wildman–Crippen MR) is 117 cm³/mol. The summed E-state index contributed by atoms with van der Waals surface area (Å²) in [6.07, 6.45) is 0. The van der Waals surface area contributed by atoms with Crippen molar-refractivity contribution < 1.29 is 14.5 Å². The quantitative estimate of drug-likeness (QED) is 0.230. The summed E-state index contributed by atoms with van der Waals surface area (Å²) < 4.78 is 0.463. The molecule has 3 aromatic rings. The van der Waals surface area contributed by atoms with Crippen LogP contribution in [0.3, 0.4) is 0 Å². The molecule has 30 heavy (non-hydrogen) atoms. The Labute approximate surface area is 184 Å². The molecule has 1 heterocycles. The highest BCUT2D eigenvalue weighted by Gasteiger charge is 2.22. The predicted octanol–water partition coefficient (Wildman–Crippen LogP) is 4.39. The number of nitro groups is 1. The Morgan fingerprint density at radius 2 is 2.00 bits per heavy atom. The molecule has 0 saturated heterocycles. The maximum atomic E-state index is 12.4. The van der Waals surface area contributed by atoms with E-state index in [9.17, 15) is 19.7 Å². The second-order valence-corrected chi connectivity index (χ2v) is 8.59. The van der Waals surface area contributed by atoms with Crippen LogP contribution >= 0.6 is 34.7 Å². The zero-order valence-corrected chi connectivity index (χ0v) is 17.8. The molecule has 0 fully saturated rings. The van der Waals surface area contributed by atoms with Crippen LogP contribution in [0.25, 0.3) is 0 Å². The van der Waals surface area contributed by atoms with Crippen LogP contribution in [0.4, 0.5) is 16.5 Å². The highest BCUT2D eigenvalue weighted by molar-refractivity contribution is 8.01. The number of aromatic nitrogens is 2. The molecule has 154 valence electrons. The highest BCUT2D eigenvalue weighted by Crippen LogP contribution is 2.28. The summed E-state index contributed by atoms with van der Waals surface area (Å²) in [5.74, 6) is -0.828. The molecule has 0 aliphatic rings. The Bertz CT molecular complexity index is 1120. The zero-order valence-electron chi connectivity index (χ0n) is 15.4. The first-order chi connectivity index (χ1) is 14.3. The molecule has 0 unspecified atom stereocenters. The smallest absolute Gasteiger partial charge is 0.282 e. The average molecular weight is 464 g/mol. The number of carbonyl (C=O) groups excluding carboxylic acids is 2. The van der Waals surface area contributed by atoms with Gasteiger partial charge in [0.25, 0.3) is 11.6 Å². The molecule has 0 aliphatic heterocycles. The van der Waals surface area contributed by atoms with Crippen LogP contribution in [0.5, 0.6) is 0 Å². The molecule has 2 N–H and O–H groups in total. The van der Waals surface area contributed by atoms with Crippen molar-refractivity contribution in [2.24, 2.45) is 0 Å². The van der Waals surface area contributed by atoms with E-state index < -0.39 is 10.8 Å². The first-order valence-corrected chi connectivity index (χ1v) is 10.6. The average Bonchev–Trinajstić information content (AvgIpc) is 3.13. The minimum Gasteiger partial charge on any atom is -0.325 e. The molecule has 9 nitrogen and oxygen atoms in total. The number of benzene rings is 2. The first-order valence-electron chi connectivity index (χ1n) is 8.40. The van der Waals surface area contributed by atoms with Gasteiger partial charge in [-0.2, -0.15) is 0 Å². The van der Waals surface area contributed by atoms with Crippen LogP contribution in [0.1, 0.15) is 15.9 Å². The Kier molecular flexibility index (Phi) is 6.98. The van der Waals surface area contributed by atoms with Gasteiger partial charge in [-0.25, -0.2) is 0 Å². The summed E-state index contributed by atoms with van der Waals surface area (Å²) in [6.45, 7) is 1.93. The number of aryl methyl sites for hydroxylation is 1. The molecule has 0 aliphatic carbocycles. The maximum Gasteiger partial charge on any atom is 0.282 e. The third-order valence-corrected chi connectivity index (χ3v) is 5.86. The van der Waals surface area contributed by atoms with Gasteiger partial charge in [-0.1, -0.05) is 46.8 Å². The fraction of sp³-hybridized carbons (Fsp3) is 0.111. The minimum absolute atomic E-state index is 0.107. The summed E-state index contributed by atoms with van der Waals surface area (Å²) >= 11 is 8.05. The van der Waals surface area contributed by atoms with Crippen molar-refractivity contribution in [2.75, 3.05) is 16.4 Å². The molecular formula is C18H14ClN5O4S2. The molecule has 0 atom stereocenters. The minimum atomic E-state index is -0.728. The van der Waals surface area contributed by atoms with E-state index in [-0.39, 0.29) is 33.1 Å². The van der Waals surface area contributed by atoms with Gasteiger partial charge >= 0.3 is 0 Å². The van der Waals surface area contributed by atoms with Gasteiger partial charge in [0.05, 0.1) is 10.7 Å². The molecular weight excluding hydrogens is 450 g/mol. The lowest BCUT2D eigenvalue weighted by Gasteiger charge is -2.04. The highest BCUT2D eigenvalue weighted by atomic mass is 35.5. The number of thioether (sulfide) groups is 1. The standard InChI is InChI=1S/C18H14ClN5O4S2/c1-10-3-2-4-12(7-10)20-15(25)9-29-18-23-22-17(30-18)21-16(26)13-8-11(19)5-6-14(13)24(27)28/h2-8H,9H2,1H3,(H,20,25)(H,21,22,26). The van der Waals surface area contributed by atoms with Gasteiger partial charge in [-0.15, -0.1) is 10.2 Å². The Balaban J connectivity index is 1.59. The first kappa shape index (κ1) is 21.7. The van der Waals surface area contributed by atoms with Gasteiger partial charge in [-0.05, 0) is 36.8 Å². The van der Waals surface area contributed by atoms with E-state index in [0.29, 0.717) is 10.0 Å². The number of hydrogen-bond donors (Lipinski definition) is 2. The fourth-order valence-corrected chi connectivity index (χ4v) is 4.10. The second kappa shape index (κ2) is 9.65. The topological polar surface area (TPSA) is 127 Å². The van der Waals surface area contributed by atoms with Crippen molar-refractivity contribution >= 4 is 63.0 Å².